The first-order valence-corrected chi connectivity index (χ1v) is 7.50. The fourth-order valence-corrected chi connectivity index (χ4v) is 3.06. The number of pyridine rings is 1. The van der Waals surface area contributed by atoms with Crippen molar-refractivity contribution in [3.63, 3.8) is 0 Å². The molecule has 2 atom stereocenters. The Hall–Kier alpha value is -2.18. The molecular formula is C16H19F3N4. The van der Waals surface area contributed by atoms with Gasteiger partial charge < -0.3 is 15.1 Å². The number of hydrogen-bond donors (Lipinski definition) is 1. The fraction of sp³-hybridized carbons (Fsp3) is 0.438. The van der Waals surface area contributed by atoms with Crippen molar-refractivity contribution in [1.82, 2.24) is 10.3 Å². The normalized spacial score (nSPS) is 21.0. The van der Waals surface area contributed by atoms with Gasteiger partial charge in [0, 0.05) is 13.1 Å². The molecule has 23 heavy (non-hydrogen) atoms. The summed E-state index contributed by atoms with van der Waals surface area (Å²) in [5, 5.41) is 2.37. The molecule has 2 aliphatic heterocycles. The lowest BCUT2D eigenvalue weighted by Gasteiger charge is -2.35. The minimum Gasteiger partial charge on any atom is -0.373 e. The van der Waals surface area contributed by atoms with Crippen molar-refractivity contribution in [1.29, 1.82) is 0 Å². The van der Waals surface area contributed by atoms with Crippen molar-refractivity contribution in [2.45, 2.75) is 31.6 Å². The van der Waals surface area contributed by atoms with E-state index in [1.54, 1.807) is 12.3 Å². The molecule has 0 saturated carbocycles. The van der Waals surface area contributed by atoms with Crippen LogP contribution in [0.3, 0.4) is 0 Å². The number of fused-ring (bicyclic) bond motifs is 4. The number of rotatable bonds is 4. The van der Waals surface area contributed by atoms with E-state index in [0.717, 1.165) is 37.9 Å². The molecule has 4 nitrogen and oxygen atoms in total. The highest BCUT2D eigenvalue weighted by molar-refractivity contribution is 5.75. The van der Waals surface area contributed by atoms with Crippen LogP contribution in [0.2, 0.25) is 0 Å². The second kappa shape index (κ2) is 5.47. The zero-order valence-corrected chi connectivity index (χ0v) is 12.9. The largest absolute Gasteiger partial charge is 0.408 e. The molecule has 1 aromatic heterocycles. The van der Waals surface area contributed by atoms with E-state index in [1.165, 1.54) is 0 Å². The van der Waals surface area contributed by atoms with Gasteiger partial charge in [-0.1, -0.05) is 13.2 Å². The van der Waals surface area contributed by atoms with Crippen LogP contribution in [-0.2, 0) is 0 Å². The van der Waals surface area contributed by atoms with Crippen molar-refractivity contribution in [3.05, 3.63) is 37.2 Å². The molecule has 124 valence electrons. The van der Waals surface area contributed by atoms with Crippen LogP contribution in [0.25, 0.3) is 5.70 Å². The van der Waals surface area contributed by atoms with Gasteiger partial charge in [-0.15, -0.1) is 0 Å². The smallest absolute Gasteiger partial charge is 0.373 e. The van der Waals surface area contributed by atoms with Crippen LogP contribution in [0, 0.1) is 0 Å². The third-order valence-corrected chi connectivity index (χ3v) is 4.38. The average molecular weight is 324 g/mol. The molecule has 1 aromatic rings. The van der Waals surface area contributed by atoms with Crippen molar-refractivity contribution < 1.29 is 13.2 Å². The first kappa shape index (κ1) is 15.7. The number of halogens is 3. The van der Waals surface area contributed by atoms with E-state index >= 15 is 0 Å². The lowest BCUT2D eigenvalue weighted by molar-refractivity contribution is -0.148. The van der Waals surface area contributed by atoms with Crippen molar-refractivity contribution >= 4 is 17.2 Å². The Balaban J connectivity index is 1.88. The van der Waals surface area contributed by atoms with Gasteiger partial charge in [0.25, 0.3) is 0 Å². The highest BCUT2D eigenvalue weighted by Crippen LogP contribution is 2.39. The van der Waals surface area contributed by atoms with E-state index in [9.17, 15) is 13.2 Å². The van der Waals surface area contributed by atoms with E-state index in [1.807, 2.05) is 11.0 Å². The number of nitrogens with one attached hydrogen (secondary N) is 1. The van der Waals surface area contributed by atoms with Gasteiger partial charge in [-0.05, 0) is 31.7 Å². The Labute approximate surface area is 133 Å². The summed E-state index contributed by atoms with van der Waals surface area (Å²) in [5.41, 5.74) is 1.56. The monoisotopic (exact) mass is 324 g/mol. The highest BCUT2D eigenvalue weighted by atomic mass is 19.4. The zero-order valence-electron chi connectivity index (χ0n) is 12.9. The number of anilines is 2. The fourth-order valence-electron chi connectivity index (χ4n) is 3.06. The second-order valence-electron chi connectivity index (χ2n) is 5.90. The summed E-state index contributed by atoms with van der Waals surface area (Å²) in [7, 11) is 0. The van der Waals surface area contributed by atoms with Crippen LogP contribution in [0.15, 0.2) is 31.5 Å². The second-order valence-corrected chi connectivity index (χ2v) is 5.90. The first-order valence-electron chi connectivity index (χ1n) is 7.50. The van der Waals surface area contributed by atoms with E-state index in [-0.39, 0.29) is 5.70 Å². The summed E-state index contributed by atoms with van der Waals surface area (Å²) in [5.74, 6) is 0.730. The maximum absolute atomic E-state index is 12.7. The number of hydrogen-bond acceptors (Lipinski definition) is 4. The van der Waals surface area contributed by atoms with E-state index < -0.39 is 12.2 Å². The molecule has 0 aromatic carbocycles. The van der Waals surface area contributed by atoms with Crippen LogP contribution in [0.1, 0.15) is 19.0 Å². The first-order chi connectivity index (χ1) is 10.8. The van der Waals surface area contributed by atoms with Crippen molar-refractivity contribution in [2.24, 2.45) is 0 Å². The molecular weight excluding hydrogens is 305 g/mol. The third-order valence-electron chi connectivity index (χ3n) is 4.38. The molecule has 7 heteroatoms. The maximum atomic E-state index is 12.7. The molecule has 0 aliphatic carbocycles. The summed E-state index contributed by atoms with van der Waals surface area (Å²) >= 11 is 0. The minimum absolute atomic E-state index is 0.162. The molecule has 3 rings (SSSR count). The number of aromatic nitrogens is 1. The van der Waals surface area contributed by atoms with Crippen LogP contribution in [-0.4, -0.2) is 36.3 Å². The lowest BCUT2D eigenvalue weighted by atomic mass is 10.1. The predicted molar refractivity (Wildman–Crippen MR) is 85.2 cm³/mol. The van der Waals surface area contributed by atoms with E-state index in [0.29, 0.717) is 11.7 Å². The van der Waals surface area contributed by atoms with Gasteiger partial charge in [-0.3, -0.25) is 0 Å². The summed E-state index contributed by atoms with van der Waals surface area (Å²) in [6.07, 6.45) is -1.57. The molecule has 0 spiro atoms. The predicted octanol–water partition coefficient (Wildman–Crippen LogP) is 3.13. The number of nitrogens with zero attached hydrogens (tertiary/aromatic N) is 3. The molecule has 2 aliphatic rings. The molecule has 2 bridgehead atoms. The Morgan fingerprint density at radius 3 is 2.87 bits per heavy atom. The quantitative estimate of drug-likeness (QED) is 0.922. The molecule has 0 amide bonds. The third kappa shape index (κ3) is 2.75. The van der Waals surface area contributed by atoms with Gasteiger partial charge in [0.15, 0.2) is 5.82 Å². The standard InChI is InChI=1S/C16H19F3N4/c1-4-23-12-7-8-22(9-12)14-6-5-13(21-15(14)23)10(2)20-11(3)16(17,18)19/h4-6,11-12,20H,1-2,7-9H2,3H3/t11-,12+/m1/s1. The summed E-state index contributed by atoms with van der Waals surface area (Å²) in [6.45, 7) is 10.5. The number of alkyl halides is 3. The van der Waals surface area contributed by atoms with Gasteiger partial charge in [0.2, 0.25) is 0 Å². The van der Waals surface area contributed by atoms with Crippen LogP contribution >= 0.6 is 0 Å². The van der Waals surface area contributed by atoms with Gasteiger partial charge in [-0.25, -0.2) is 4.98 Å². The highest BCUT2D eigenvalue weighted by Gasteiger charge is 2.37. The lowest BCUT2D eigenvalue weighted by Crippen LogP contribution is -2.40. The Morgan fingerprint density at radius 2 is 2.22 bits per heavy atom. The summed E-state index contributed by atoms with van der Waals surface area (Å²) < 4.78 is 38.0. The molecule has 1 N–H and O–H groups in total. The van der Waals surface area contributed by atoms with E-state index in [4.69, 9.17) is 0 Å². The van der Waals surface area contributed by atoms with E-state index in [2.05, 4.69) is 28.4 Å². The molecule has 1 saturated heterocycles. The Kier molecular flexibility index (Phi) is 3.74. The van der Waals surface area contributed by atoms with Crippen molar-refractivity contribution in [2.75, 3.05) is 22.9 Å². The van der Waals surface area contributed by atoms with Crippen molar-refractivity contribution in [3.8, 4) is 0 Å². The Bertz CT molecular complexity index is 641. The minimum atomic E-state index is -4.32. The van der Waals surface area contributed by atoms with Gasteiger partial charge >= 0.3 is 6.18 Å². The average Bonchev–Trinajstić information content (AvgIpc) is 2.91. The van der Waals surface area contributed by atoms with Gasteiger partial charge in [0.1, 0.15) is 6.04 Å². The molecule has 0 unspecified atom stereocenters. The zero-order chi connectivity index (χ0) is 16.8. The van der Waals surface area contributed by atoms with Crippen LogP contribution in [0.5, 0.6) is 0 Å². The summed E-state index contributed by atoms with van der Waals surface area (Å²) in [6, 6.07) is 2.24. The topological polar surface area (TPSA) is 31.4 Å². The summed E-state index contributed by atoms with van der Waals surface area (Å²) in [4.78, 5) is 8.77. The molecule has 0 radical (unpaired) electrons. The maximum Gasteiger partial charge on any atom is 0.408 e. The van der Waals surface area contributed by atoms with Gasteiger partial charge in [0.05, 0.1) is 23.1 Å². The molecule has 1 fully saturated rings. The van der Waals surface area contributed by atoms with Crippen LogP contribution < -0.4 is 15.1 Å². The Morgan fingerprint density at radius 1 is 1.48 bits per heavy atom. The van der Waals surface area contributed by atoms with Crippen LogP contribution in [0.4, 0.5) is 24.7 Å². The SMILES string of the molecule is C=CN1c2nc(C(=C)N[C@H](C)C(F)(F)F)ccc2N2CC[C@H]1C2. The van der Waals surface area contributed by atoms with Gasteiger partial charge in [-0.2, -0.15) is 13.2 Å². The molecule has 3 heterocycles.